The molecule has 1 rings (SSSR count). The number of hydrogen-bond donors (Lipinski definition) is 2. The Labute approximate surface area is 98.7 Å². The van der Waals surface area contributed by atoms with Crippen LogP contribution in [0.1, 0.15) is 38.7 Å². The summed E-state index contributed by atoms with van der Waals surface area (Å²) in [5, 5.41) is 12.9. The molecule has 0 heterocycles. The first kappa shape index (κ1) is 13.0. The molecule has 0 radical (unpaired) electrons. The summed E-state index contributed by atoms with van der Waals surface area (Å²) in [6, 6.07) is 8.17. The first-order valence-corrected chi connectivity index (χ1v) is 6.27. The second-order valence-electron chi connectivity index (χ2n) is 4.25. The van der Waals surface area contributed by atoms with E-state index in [1.807, 2.05) is 12.1 Å². The number of aryl methyl sites for hydroxylation is 1. The van der Waals surface area contributed by atoms with Crippen LogP contribution in [-0.2, 0) is 6.42 Å². The monoisotopic (exact) mass is 221 g/mol. The van der Waals surface area contributed by atoms with Crippen LogP contribution in [0.25, 0.3) is 0 Å². The van der Waals surface area contributed by atoms with Crippen LogP contribution < -0.4 is 5.32 Å². The highest BCUT2D eigenvalue weighted by Gasteiger charge is 2.06. The molecule has 16 heavy (non-hydrogen) atoms. The molecular weight excluding hydrogens is 198 g/mol. The average Bonchev–Trinajstić information content (AvgIpc) is 2.27. The van der Waals surface area contributed by atoms with Crippen LogP contribution >= 0.6 is 0 Å². The van der Waals surface area contributed by atoms with Gasteiger partial charge in [-0.05, 0) is 43.5 Å². The van der Waals surface area contributed by atoms with Crippen LogP contribution in [0.2, 0.25) is 0 Å². The fourth-order valence-electron chi connectivity index (χ4n) is 2.04. The van der Waals surface area contributed by atoms with Gasteiger partial charge in [0, 0.05) is 6.04 Å². The summed E-state index contributed by atoms with van der Waals surface area (Å²) < 4.78 is 0. The number of rotatable bonds is 7. The summed E-state index contributed by atoms with van der Waals surface area (Å²) in [4.78, 5) is 0. The van der Waals surface area contributed by atoms with Crippen LogP contribution in [0.4, 0.5) is 0 Å². The molecule has 2 N–H and O–H groups in total. The van der Waals surface area contributed by atoms with Gasteiger partial charge in [0.2, 0.25) is 0 Å². The van der Waals surface area contributed by atoms with Crippen molar-refractivity contribution in [3.8, 4) is 5.75 Å². The maximum absolute atomic E-state index is 9.37. The molecule has 0 aromatic heterocycles. The minimum absolute atomic E-state index is 0.369. The maximum atomic E-state index is 9.37. The predicted octanol–water partition coefficient (Wildman–Crippen LogP) is 3.10. The lowest BCUT2D eigenvalue weighted by Crippen LogP contribution is -2.29. The molecule has 0 aliphatic carbocycles. The molecule has 1 atom stereocenters. The van der Waals surface area contributed by atoms with Gasteiger partial charge in [-0.25, -0.2) is 0 Å². The zero-order valence-electron chi connectivity index (χ0n) is 10.4. The number of nitrogens with one attached hydrogen (secondary N) is 1. The Kier molecular flexibility index (Phi) is 5.94. The lowest BCUT2D eigenvalue weighted by atomic mass is 10.0. The van der Waals surface area contributed by atoms with Crippen LogP contribution in [0, 0.1) is 0 Å². The van der Waals surface area contributed by atoms with Gasteiger partial charge in [-0.3, -0.25) is 0 Å². The molecule has 1 unspecified atom stereocenters. The standard InChI is InChI=1S/C14H23NO/c1-3-6-13(15-4-2)10-9-12-7-5-8-14(16)11-12/h5,7-8,11,13,15-16H,3-4,6,9-10H2,1-2H3. The smallest absolute Gasteiger partial charge is 0.115 e. The number of aromatic hydroxyl groups is 1. The molecule has 2 nitrogen and oxygen atoms in total. The van der Waals surface area contributed by atoms with E-state index in [0.717, 1.165) is 19.4 Å². The molecule has 0 aliphatic heterocycles. The molecule has 0 amide bonds. The Morgan fingerprint density at radius 3 is 2.69 bits per heavy atom. The normalized spacial score (nSPS) is 12.6. The second kappa shape index (κ2) is 7.29. The fraction of sp³-hybridized carbons (Fsp3) is 0.571. The van der Waals surface area contributed by atoms with Crippen molar-refractivity contribution in [2.45, 2.75) is 45.6 Å². The second-order valence-corrected chi connectivity index (χ2v) is 4.25. The topological polar surface area (TPSA) is 32.3 Å². The molecule has 0 saturated carbocycles. The Morgan fingerprint density at radius 1 is 1.25 bits per heavy atom. The van der Waals surface area contributed by atoms with E-state index in [4.69, 9.17) is 0 Å². The Morgan fingerprint density at radius 2 is 2.06 bits per heavy atom. The van der Waals surface area contributed by atoms with Crippen molar-refractivity contribution in [2.75, 3.05) is 6.54 Å². The third-order valence-corrected chi connectivity index (χ3v) is 2.82. The molecule has 0 saturated heterocycles. The third-order valence-electron chi connectivity index (χ3n) is 2.82. The molecule has 2 heteroatoms. The van der Waals surface area contributed by atoms with E-state index in [2.05, 4.69) is 25.2 Å². The molecule has 90 valence electrons. The van der Waals surface area contributed by atoms with Crippen LogP contribution in [0.5, 0.6) is 5.75 Å². The lowest BCUT2D eigenvalue weighted by molar-refractivity contribution is 0.457. The highest BCUT2D eigenvalue weighted by molar-refractivity contribution is 5.27. The van der Waals surface area contributed by atoms with E-state index in [9.17, 15) is 5.11 Å². The molecule has 0 aliphatic rings. The van der Waals surface area contributed by atoms with Gasteiger partial charge in [-0.2, -0.15) is 0 Å². The van der Waals surface area contributed by atoms with E-state index in [0.29, 0.717) is 11.8 Å². The van der Waals surface area contributed by atoms with E-state index in [1.165, 1.54) is 18.4 Å². The molecule has 0 fully saturated rings. The maximum Gasteiger partial charge on any atom is 0.115 e. The van der Waals surface area contributed by atoms with Crippen molar-refractivity contribution < 1.29 is 5.11 Å². The van der Waals surface area contributed by atoms with Crippen molar-refractivity contribution in [3.63, 3.8) is 0 Å². The Hall–Kier alpha value is -1.02. The van der Waals surface area contributed by atoms with Crippen LogP contribution in [0.3, 0.4) is 0 Å². The summed E-state index contributed by atoms with van der Waals surface area (Å²) in [5.74, 6) is 0.369. The summed E-state index contributed by atoms with van der Waals surface area (Å²) in [6.07, 6.45) is 4.63. The van der Waals surface area contributed by atoms with Crippen LogP contribution in [-0.4, -0.2) is 17.7 Å². The Balaban J connectivity index is 2.41. The summed E-state index contributed by atoms with van der Waals surface area (Å²) in [7, 11) is 0. The van der Waals surface area contributed by atoms with Crippen molar-refractivity contribution in [1.29, 1.82) is 0 Å². The first-order valence-electron chi connectivity index (χ1n) is 6.27. The summed E-state index contributed by atoms with van der Waals surface area (Å²) >= 11 is 0. The Bertz CT molecular complexity index is 293. The number of phenols is 1. The minimum Gasteiger partial charge on any atom is -0.508 e. The van der Waals surface area contributed by atoms with E-state index in [-0.39, 0.29) is 0 Å². The quantitative estimate of drug-likeness (QED) is 0.741. The van der Waals surface area contributed by atoms with Crippen molar-refractivity contribution >= 4 is 0 Å². The zero-order valence-corrected chi connectivity index (χ0v) is 10.4. The van der Waals surface area contributed by atoms with Gasteiger partial charge in [0.15, 0.2) is 0 Å². The van der Waals surface area contributed by atoms with Crippen molar-refractivity contribution in [2.24, 2.45) is 0 Å². The van der Waals surface area contributed by atoms with Crippen molar-refractivity contribution in [1.82, 2.24) is 5.32 Å². The number of benzene rings is 1. The highest BCUT2D eigenvalue weighted by Crippen LogP contribution is 2.14. The van der Waals surface area contributed by atoms with Gasteiger partial charge in [-0.1, -0.05) is 32.4 Å². The summed E-state index contributed by atoms with van der Waals surface area (Å²) in [6.45, 7) is 5.40. The van der Waals surface area contributed by atoms with Gasteiger partial charge < -0.3 is 10.4 Å². The van der Waals surface area contributed by atoms with E-state index in [1.54, 1.807) is 6.07 Å². The molecule has 0 bridgehead atoms. The van der Waals surface area contributed by atoms with Gasteiger partial charge in [0.05, 0.1) is 0 Å². The zero-order chi connectivity index (χ0) is 11.8. The third kappa shape index (κ3) is 4.67. The number of hydrogen-bond acceptors (Lipinski definition) is 2. The first-order chi connectivity index (χ1) is 7.76. The fourth-order valence-corrected chi connectivity index (χ4v) is 2.04. The highest BCUT2D eigenvalue weighted by atomic mass is 16.3. The molecule has 1 aromatic carbocycles. The van der Waals surface area contributed by atoms with Gasteiger partial charge in [0.1, 0.15) is 5.75 Å². The van der Waals surface area contributed by atoms with Gasteiger partial charge in [-0.15, -0.1) is 0 Å². The van der Waals surface area contributed by atoms with E-state index >= 15 is 0 Å². The molecule has 0 spiro atoms. The minimum atomic E-state index is 0.369. The van der Waals surface area contributed by atoms with Crippen molar-refractivity contribution in [3.05, 3.63) is 29.8 Å². The molecular formula is C14H23NO. The van der Waals surface area contributed by atoms with E-state index < -0.39 is 0 Å². The summed E-state index contributed by atoms with van der Waals surface area (Å²) in [5.41, 5.74) is 1.22. The average molecular weight is 221 g/mol. The van der Waals surface area contributed by atoms with Gasteiger partial charge >= 0.3 is 0 Å². The van der Waals surface area contributed by atoms with Gasteiger partial charge in [0.25, 0.3) is 0 Å². The number of phenolic OH excluding ortho intramolecular Hbond substituents is 1. The molecule has 1 aromatic rings. The SMILES string of the molecule is CCCC(CCc1cccc(O)c1)NCC. The largest absolute Gasteiger partial charge is 0.508 e. The lowest BCUT2D eigenvalue weighted by Gasteiger charge is -2.16. The predicted molar refractivity (Wildman–Crippen MR) is 68.8 cm³/mol. The van der Waals surface area contributed by atoms with Crippen LogP contribution in [0.15, 0.2) is 24.3 Å².